The van der Waals surface area contributed by atoms with E-state index in [9.17, 15) is 0 Å². The smallest absolute Gasteiger partial charge is 0.0136 e. The van der Waals surface area contributed by atoms with Gasteiger partial charge in [-0.3, -0.25) is 0 Å². The molecule has 0 aliphatic carbocycles. The maximum absolute atomic E-state index is 3.93. The maximum Gasteiger partial charge on any atom is -0.0136 e. The molecule has 0 amide bonds. The van der Waals surface area contributed by atoms with Gasteiger partial charge in [0, 0.05) is 0 Å². The van der Waals surface area contributed by atoms with Crippen molar-refractivity contribution in [2.45, 2.75) is 58.8 Å². The van der Waals surface area contributed by atoms with Crippen LogP contribution >= 0.6 is 0 Å². The summed E-state index contributed by atoms with van der Waals surface area (Å²) in [6.45, 7) is 12.2. The molecule has 0 aromatic rings. The molecule has 0 saturated carbocycles. The van der Waals surface area contributed by atoms with Crippen molar-refractivity contribution in [1.29, 1.82) is 0 Å². The molecule has 0 aromatic heterocycles. The Morgan fingerprint density at radius 3 is 2.07 bits per heavy atom. The zero-order valence-electron chi connectivity index (χ0n) is 10.5. The highest BCUT2D eigenvalue weighted by Crippen LogP contribution is 2.21. The predicted octanol–water partition coefficient (Wildman–Crippen LogP) is 5.43. The van der Waals surface area contributed by atoms with Crippen molar-refractivity contribution >= 4 is 0 Å². The highest BCUT2D eigenvalue weighted by molar-refractivity contribution is 5.25. The van der Waals surface area contributed by atoms with Gasteiger partial charge in [0.1, 0.15) is 0 Å². The van der Waals surface area contributed by atoms with Crippen LogP contribution in [0.2, 0.25) is 0 Å². The van der Waals surface area contributed by atoms with E-state index in [2.05, 4.69) is 27.0 Å². The second kappa shape index (κ2) is 9.76. The Bertz CT molecular complexity index is 208. The second-order valence-electron chi connectivity index (χ2n) is 4.03. The van der Waals surface area contributed by atoms with Crippen molar-refractivity contribution in [2.24, 2.45) is 0 Å². The molecular weight excluding hydrogens is 180 g/mol. The van der Waals surface area contributed by atoms with Gasteiger partial charge in [0.2, 0.25) is 0 Å². The maximum atomic E-state index is 3.93. The fourth-order valence-electron chi connectivity index (χ4n) is 1.75. The minimum atomic E-state index is 1.03. The zero-order chi connectivity index (χ0) is 11.5. The molecule has 0 heteroatoms. The molecule has 86 valence electrons. The van der Waals surface area contributed by atoms with Gasteiger partial charge in [-0.15, -0.1) is 6.58 Å². The summed E-state index contributed by atoms with van der Waals surface area (Å²) in [4.78, 5) is 0. The molecule has 0 fully saturated rings. The van der Waals surface area contributed by atoms with Gasteiger partial charge in [-0.05, 0) is 37.7 Å². The predicted molar refractivity (Wildman–Crippen MR) is 71.1 cm³/mol. The van der Waals surface area contributed by atoms with E-state index in [1.807, 2.05) is 12.2 Å². The Hall–Kier alpha value is -0.780. The molecule has 15 heavy (non-hydrogen) atoms. The van der Waals surface area contributed by atoms with Crippen LogP contribution in [0.5, 0.6) is 0 Å². The minimum absolute atomic E-state index is 1.03. The molecule has 0 heterocycles. The van der Waals surface area contributed by atoms with Crippen LogP contribution in [0.3, 0.4) is 0 Å². The van der Waals surface area contributed by atoms with Gasteiger partial charge in [-0.1, -0.05) is 51.0 Å². The molecule has 0 radical (unpaired) electrons. The van der Waals surface area contributed by atoms with E-state index >= 15 is 0 Å². The standard InChI is InChI=1S/C15H26/c1-5-9-12-14(8-4)15(11-7-3)13-10-6-2/h7-8H,3-6,9-13H2,1-2H3/b15-14+. The third-order valence-electron chi connectivity index (χ3n) is 2.72. The molecule has 0 nitrogen and oxygen atoms in total. The first kappa shape index (κ1) is 14.2. The van der Waals surface area contributed by atoms with Gasteiger partial charge in [0.05, 0.1) is 0 Å². The monoisotopic (exact) mass is 206 g/mol. The molecule has 0 aliphatic rings. The van der Waals surface area contributed by atoms with E-state index in [1.54, 1.807) is 5.57 Å². The van der Waals surface area contributed by atoms with Crippen molar-refractivity contribution in [1.82, 2.24) is 0 Å². The van der Waals surface area contributed by atoms with Gasteiger partial charge in [-0.2, -0.15) is 0 Å². The van der Waals surface area contributed by atoms with Crippen LogP contribution in [0.1, 0.15) is 58.8 Å². The van der Waals surface area contributed by atoms with Gasteiger partial charge < -0.3 is 0 Å². The van der Waals surface area contributed by atoms with Crippen LogP contribution < -0.4 is 0 Å². The van der Waals surface area contributed by atoms with Crippen molar-refractivity contribution in [2.75, 3.05) is 0 Å². The summed E-state index contributed by atoms with van der Waals surface area (Å²) in [7, 11) is 0. The van der Waals surface area contributed by atoms with E-state index < -0.39 is 0 Å². The highest BCUT2D eigenvalue weighted by atomic mass is 14.1. The average molecular weight is 206 g/mol. The van der Waals surface area contributed by atoms with Crippen LogP contribution in [0, 0.1) is 0 Å². The minimum Gasteiger partial charge on any atom is -0.103 e. The second-order valence-corrected chi connectivity index (χ2v) is 4.03. The van der Waals surface area contributed by atoms with Crippen LogP contribution in [0.4, 0.5) is 0 Å². The molecule has 0 aliphatic heterocycles. The van der Waals surface area contributed by atoms with E-state index in [-0.39, 0.29) is 0 Å². The van der Waals surface area contributed by atoms with Gasteiger partial charge in [0.25, 0.3) is 0 Å². The van der Waals surface area contributed by atoms with Crippen molar-refractivity contribution in [3.05, 3.63) is 36.5 Å². The number of hydrogen-bond donors (Lipinski definition) is 0. The molecule has 0 saturated heterocycles. The summed E-state index contributed by atoms with van der Waals surface area (Å²) in [5, 5.41) is 0. The molecule has 0 aromatic carbocycles. The molecule has 0 spiro atoms. The van der Waals surface area contributed by atoms with Crippen molar-refractivity contribution in [3.63, 3.8) is 0 Å². The van der Waals surface area contributed by atoms with E-state index in [4.69, 9.17) is 0 Å². The summed E-state index contributed by atoms with van der Waals surface area (Å²) in [5.41, 5.74) is 3.01. The van der Waals surface area contributed by atoms with E-state index in [0.717, 1.165) is 6.42 Å². The summed E-state index contributed by atoms with van der Waals surface area (Å²) in [5.74, 6) is 0. The number of hydrogen-bond acceptors (Lipinski definition) is 0. The van der Waals surface area contributed by atoms with E-state index in [1.165, 1.54) is 44.1 Å². The summed E-state index contributed by atoms with van der Waals surface area (Å²) in [6, 6.07) is 0. The third-order valence-corrected chi connectivity index (χ3v) is 2.72. The molecule has 0 unspecified atom stereocenters. The largest absolute Gasteiger partial charge is 0.103 e. The fraction of sp³-hybridized carbons (Fsp3) is 0.600. The Balaban J connectivity index is 4.49. The zero-order valence-corrected chi connectivity index (χ0v) is 10.5. The Morgan fingerprint density at radius 2 is 1.60 bits per heavy atom. The number of rotatable bonds is 9. The highest BCUT2D eigenvalue weighted by Gasteiger charge is 2.02. The molecule has 0 bridgehead atoms. The lowest BCUT2D eigenvalue weighted by Gasteiger charge is -2.10. The lowest BCUT2D eigenvalue weighted by molar-refractivity contribution is 0.744. The fourth-order valence-corrected chi connectivity index (χ4v) is 1.75. The number of allylic oxidation sites excluding steroid dienone is 4. The quantitative estimate of drug-likeness (QED) is 0.349. The Labute approximate surface area is 95.8 Å². The molecule has 0 N–H and O–H groups in total. The Kier molecular flexibility index (Phi) is 9.26. The third kappa shape index (κ3) is 6.33. The first-order valence-electron chi connectivity index (χ1n) is 6.24. The average Bonchev–Trinajstić information content (AvgIpc) is 2.26. The summed E-state index contributed by atoms with van der Waals surface area (Å²) < 4.78 is 0. The van der Waals surface area contributed by atoms with Crippen molar-refractivity contribution < 1.29 is 0 Å². The topological polar surface area (TPSA) is 0 Å². The first-order chi connectivity index (χ1) is 7.29. The van der Waals surface area contributed by atoms with Crippen LogP contribution in [-0.4, -0.2) is 0 Å². The number of unbranched alkanes of at least 4 members (excludes halogenated alkanes) is 2. The first-order valence-corrected chi connectivity index (χ1v) is 6.24. The summed E-state index contributed by atoms with van der Waals surface area (Å²) in [6.07, 6.45) is 12.6. The van der Waals surface area contributed by atoms with Gasteiger partial charge >= 0.3 is 0 Å². The van der Waals surface area contributed by atoms with Crippen LogP contribution in [0.15, 0.2) is 36.5 Å². The van der Waals surface area contributed by atoms with Crippen LogP contribution in [-0.2, 0) is 0 Å². The van der Waals surface area contributed by atoms with Crippen molar-refractivity contribution in [3.8, 4) is 0 Å². The van der Waals surface area contributed by atoms with Crippen LogP contribution in [0.25, 0.3) is 0 Å². The SMILES string of the molecule is C=CC/C(CCCC)=C(/C=C)CCCC. The van der Waals surface area contributed by atoms with Gasteiger partial charge in [0.15, 0.2) is 0 Å². The lowest BCUT2D eigenvalue weighted by Crippen LogP contribution is -1.91. The summed E-state index contributed by atoms with van der Waals surface area (Å²) >= 11 is 0. The molecule has 0 atom stereocenters. The molecular formula is C15H26. The Morgan fingerprint density at radius 1 is 1.00 bits per heavy atom. The molecule has 0 rings (SSSR count). The normalized spacial score (nSPS) is 12.1. The lowest BCUT2D eigenvalue weighted by atomic mass is 9.96. The van der Waals surface area contributed by atoms with Gasteiger partial charge in [-0.25, -0.2) is 0 Å². The van der Waals surface area contributed by atoms with E-state index in [0.29, 0.717) is 0 Å².